The summed E-state index contributed by atoms with van der Waals surface area (Å²) in [6.45, 7) is 4.28. The van der Waals surface area contributed by atoms with Gasteiger partial charge in [0.15, 0.2) is 11.6 Å². The minimum atomic E-state index is -1.03. The van der Waals surface area contributed by atoms with Crippen LogP contribution in [-0.2, 0) is 6.61 Å². The van der Waals surface area contributed by atoms with Crippen LogP contribution in [0.3, 0.4) is 0 Å². The molecule has 176 valence electrons. The normalized spacial score (nSPS) is 10.9. The van der Waals surface area contributed by atoms with Crippen molar-refractivity contribution in [1.82, 2.24) is 9.97 Å². The Kier molecular flexibility index (Phi) is 9.10. The Hall–Kier alpha value is -3.09. The summed E-state index contributed by atoms with van der Waals surface area (Å²) in [6.07, 6.45) is 9.22. The molecule has 0 amide bonds. The van der Waals surface area contributed by atoms with E-state index in [0.717, 1.165) is 19.3 Å². The zero-order valence-electron chi connectivity index (χ0n) is 19.0. The molecule has 0 saturated carbocycles. The van der Waals surface area contributed by atoms with E-state index in [0.29, 0.717) is 23.3 Å². The molecule has 0 fully saturated rings. The molecule has 1 aromatic heterocycles. The van der Waals surface area contributed by atoms with Crippen LogP contribution in [0, 0.1) is 24.4 Å². The Balaban J connectivity index is 1.56. The van der Waals surface area contributed by atoms with Crippen LogP contribution in [0.5, 0.6) is 11.8 Å². The van der Waals surface area contributed by atoms with Crippen molar-refractivity contribution in [1.29, 1.82) is 0 Å². The van der Waals surface area contributed by atoms with Crippen molar-refractivity contribution in [2.24, 2.45) is 0 Å². The first-order chi connectivity index (χ1) is 16.0. The average Bonchev–Trinajstić information content (AvgIpc) is 2.82. The third-order valence-electron chi connectivity index (χ3n) is 5.35. The van der Waals surface area contributed by atoms with E-state index < -0.39 is 11.6 Å². The molecule has 4 nitrogen and oxygen atoms in total. The lowest BCUT2D eigenvalue weighted by atomic mass is 10.1. The number of hydrogen-bond donors (Lipinski definition) is 0. The predicted octanol–water partition coefficient (Wildman–Crippen LogP) is 7.19. The monoisotopic (exact) mass is 458 g/mol. The zero-order chi connectivity index (χ0) is 23.6. The molecule has 0 bridgehead atoms. The summed E-state index contributed by atoms with van der Waals surface area (Å²) >= 11 is 0. The maximum absolute atomic E-state index is 14.6. The number of benzene rings is 2. The molecule has 0 unspecified atom stereocenters. The maximum atomic E-state index is 14.6. The Morgan fingerprint density at radius 1 is 0.818 bits per heavy atom. The van der Waals surface area contributed by atoms with Crippen LogP contribution in [0.2, 0.25) is 0 Å². The van der Waals surface area contributed by atoms with Gasteiger partial charge >= 0.3 is 6.01 Å². The number of nitrogens with zero attached hydrogens (tertiary/aromatic N) is 2. The fraction of sp³-hybridized carbons (Fsp3) is 0.385. The Bertz CT molecular complexity index is 1040. The highest BCUT2D eigenvalue weighted by Gasteiger charge is 2.16. The first-order valence-electron chi connectivity index (χ1n) is 11.3. The third kappa shape index (κ3) is 6.94. The van der Waals surface area contributed by atoms with Crippen molar-refractivity contribution in [3.63, 3.8) is 0 Å². The summed E-state index contributed by atoms with van der Waals surface area (Å²) in [5.41, 5.74) is 1.53. The van der Waals surface area contributed by atoms with Gasteiger partial charge < -0.3 is 9.47 Å². The van der Waals surface area contributed by atoms with Gasteiger partial charge in [0, 0.05) is 23.5 Å². The maximum Gasteiger partial charge on any atom is 0.316 e. The Labute approximate surface area is 192 Å². The Morgan fingerprint density at radius 3 is 2.27 bits per heavy atom. The summed E-state index contributed by atoms with van der Waals surface area (Å²) in [4.78, 5) is 8.09. The minimum absolute atomic E-state index is 0.0339. The molecule has 33 heavy (non-hydrogen) atoms. The molecule has 2 aromatic carbocycles. The highest BCUT2D eigenvalue weighted by molar-refractivity contribution is 5.63. The van der Waals surface area contributed by atoms with Gasteiger partial charge in [0.05, 0.1) is 6.61 Å². The van der Waals surface area contributed by atoms with Crippen LogP contribution in [0.4, 0.5) is 13.2 Å². The van der Waals surface area contributed by atoms with Gasteiger partial charge in [-0.05, 0) is 42.7 Å². The second kappa shape index (κ2) is 12.2. The summed E-state index contributed by atoms with van der Waals surface area (Å²) in [7, 11) is 0. The molecule has 0 aliphatic heterocycles. The number of halogens is 3. The minimum Gasteiger partial charge on any atom is -0.490 e. The molecule has 3 rings (SSSR count). The molecular formula is C26H29F3N2O2. The largest absolute Gasteiger partial charge is 0.490 e. The van der Waals surface area contributed by atoms with Gasteiger partial charge in [0.25, 0.3) is 0 Å². The molecule has 7 heteroatoms. The van der Waals surface area contributed by atoms with E-state index in [2.05, 4.69) is 16.9 Å². The summed E-state index contributed by atoms with van der Waals surface area (Å²) < 4.78 is 53.6. The van der Waals surface area contributed by atoms with Crippen LogP contribution < -0.4 is 9.47 Å². The van der Waals surface area contributed by atoms with Crippen LogP contribution >= 0.6 is 0 Å². The molecule has 1 heterocycles. The molecule has 0 atom stereocenters. The van der Waals surface area contributed by atoms with Crippen LogP contribution in [0.25, 0.3) is 11.1 Å². The fourth-order valence-electron chi connectivity index (χ4n) is 3.33. The van der Waals surface area contributed by atoms with Crippen molar-refractivity contribution >= 4 is 0 Å². The van der Waals surface area contributed by atoms with Crippen molar-refractivity contribution < 1.29 is 22.6 Å². The highest BCUT2D eigenvalue weighted by atomic mass is 19.2. The van der Waals surface area contributed by atoms with Crippen LogP contribution in [0.15, 0.2) is 42.7 Å². The Morgan fingerprint density at radius 2 is 1.55 bits per heavy atom. The molecule has 0 radical (unpaired) electrons. The topological polar surface area (TPSA) is 44.2 Å². The lowest BCUT2D eigenvalue weighted by Gasteiger charge is -2.11. The van der Waals surface area contributed by atoms with Gasteiger partial charge in [-0.15, -0.1) is 0 Å². The van der Waals surface area contributed by atoms with Gasteiger partial charge in [-0.25, -0.2) is 18.7 Å². The molecule has 0 aliphatic carbocycles. The van der Waals surface area contributed by atoms with Crippen molar-refractivity contribution in [3.8, 4) is 22.9 Å². The molecule has 3 aromatic rings. The molecule has 0 saturated heterocycles. The molecule has 0 N–H and O–H groups in total. The number of rotatable bonds is 12. The number of hydrogen-bond acceptors (Lipinski definition) is 4. The third-order valence-corrected chi connectivity index (χ3v) is 5.35. The molecular weight excluding hydrogens is 429 g/mol. The van der Waals surface area contributed by atoms with Gasteiger partial charge in [-0.2, -0.15) is 4.39 Å². The summed E-state index contributed by atoms with van der Waals surface area (Å²) in [6, 6.07) is 7.72. The van der Waals surface area contributed by atoms with Crippen LogP contribution in [-0.4, -0.2) is 16.6 Å². The van der Waals surface area contributed by atoms with Gasteiger partial charge in [-0.3, -0.25) is 0 Å². The number of aryl methyl sites for hydroxylation is 1. The first kappa shape index (κ1) is 24.6. The van der Waals surface area contributed by atoms with Gasteiger partial charge in [0.1, 0.15) is 12.4 Å². The van der Waals surface area contributed by atoms with E-state index in [1.165, 1.54) is 49.9 Å². The number of ether oxygens (including phenoxy) is 2. The highest BCUT2D eigenvalue weighted by Crippen LogP contribution is 2.29. The van der Waals surface area contributed by atoms with E-state index in [1.807, 2.05) is 0 Å². The van der Waals surface area contributed by atoms with E-state index in [-0.39, 0.29) is 29.7 Å². The van der Waals surface area contributed by atoms with E-state index in [1.54, 1.807) is 19.1 Å². The number of unbranched alkanes of at least 4 members (excludes halogenated alkanes) is 5. The predicted molar refractivity (Wildman–Crippen MR) is 122 cm³/mol. The van der Waals surface area contributed by atoms with Crippen molar-refractivity contribution in [2.75, 3.05) is 6.61 Å². The quantitative estimate of drug-likeness (QED) is 0.270. The second-order valence-corrected chi connectivity index (χ2v) is 7.98. The first-order valence-corrected chi connectivity index (χ1v) is 11.3. The van der Waals surface area contributed by atoms with Gasteiger partial charge in [-0.1, -0.05) is 51.2 Å². The second-order valence-electron chi connectivity index (χ2n) is 7.98. The molecule has 0 aliphatic rings. The smallest absolute Gasteiger partial charge is 0.316 e. The summed E-state index contributed by atoms with van der Waals surface area (Å²) in [5, 5.41) is 0. The van der Waals surface area contributed by atoms with E-state index >= 15 is 0 Å². The SMILES string of the molecule is CCCCCCCCOc1ccc(-c2cnc(OCc3ccc(C)c(F)c3)nc2)c(F)c1F. The van der Waals surface area contributed by atoms with Crippen molar-refractivity contribution in [2.45, 2.75) is 59.0 Å². The van der Waals surface area contributed by atoms with Gasteiger partial charge in [0.2, 0.25) is 5.82 Å². The van der Waals surface area contributed by atoms with E-state index in [4.69, 9.17) is 9.47 Å². The average molecular weight is 459 g/mol. The summed E-state index contributed by atoms with van der Waals surface area (Å²) in [5.74, 6) is -2.46. The lowest BCUT2D eigenvalue weighted by molar-refractivity contribution is 0.280. The number of aromatic nitrogens is 2. The van der Waals surface area contributed by atoms with E-state index in [9.17, 15) is 13.2 Å². The van der Waals surface area contributed by atoms with Crippen LogP contribution in [0.1, 0.15) is 56.6 Å². The lowest BCUT2D eigenvalue weighted by Crippen LogP contribution is -2.02. The standard InChI is InChI=1S/C26H29F3N2O2/c1-3-4-5-6-7-8-13-32-23-12-11-21(24(28)25(23)29)20-15-30-26(31-16-20)33-17-19-10-9-18(2)22(27)14-19/h9-12,14-16H,3-8,13,17H2,1-2H3. The fourth-order valence-corrected chi connectivity index (χ4v) is 3.33. The van der Waals surface area contributed by atoms with Crippen molar-refractivity contribution in [3.05, 3.63) is 71.3 Å². The molecule has 0 spiro atoms. The zero-order valence-corrected chi connectivity index (χ0v) is 19.0.